The van der Waals surface area contributed by atoms with Gasteiger partial charge in [-0.25, -0.2) is 15.0 Å². The number of benzene rings is 6. The lowest BCUT2D eigenvalue weighted by atomic mass is 10.1. The summed E-state index contributed by atoms with van der Waals surface area (Å²) in [5.41, 5.74) is 8.05. The number of nitriles is 1. The minimum Gasteiger partial charge on any atom is -0.353 e. The van der Waals surface area contributed by atoms with Gasteiger partial charge in [-0.3, -0.25) is 0 Å². The number of para-hydroxylation sites is 2. The normalized spacial score (nSPS) is 11.5. The molecule has 0 aliphatic rings. The Bertz CT molecular complexity index is 2590. The number of H-pyrrole nitrogens is 1. The van der Waals surface area contributed by atoms with Crippen molar-refractivity contribution in [3.8, 4) is 45.9 Å². The van der Waals surface area contributed by atoms with E-state index in [0.29, 0.717) is 23.0 Å². The molecule has 6 heteroatoms. The van der Waals surface area contributed by atoms with E-state index in [2.05, 4.69) is 64.2 Å². The van der Waals surface area contributed by atoms with Crippen LogP contribution < -0.4 is 0 Å². The lowest BCUT2D eigenvalue weighted by molar-refractivity contribution is 1.07. The van der Waals surface area contributed by atoms with Gasteiger partial charge in [0.15, 0.2) is 17.5 Å². The fourth-order valence-electron chi connectivity index (χ4n) is 6.52. The Kier molecular flexibility index (Phi) is 5.77. The standard InChI is InChI=1S/C40H24N6/c41-24-28-23-27(40-44-38(25-11-3-1-4-12-25)43-39(45-40)26-13-5-2-6-14-26)19-22-34(28)46-35-18-10-8-16-30(35)32-21-20-31-29-15-7-9-17-33(29)42-36(31)37(32)46/h1-23,42H. The number of fused-ring (bicyclic) bond motifs is 7. The van der Waals surface area contributed by atoms with Crippen molar-refractivity contribution in [2.45, 2.75) is 0 Å². The summed E-state index contributed by atoms with van der Waals surface area (Å²) in [6.07, 6.45) is 0. The van der Waals surface area contributed by atoms with Crippen LogP contribution >= 0.6 is 0 Å². The predicted molar refractivity (Wildman–Crippen MR) is 185 cm³/mol. The van der Waals surface area contributed by atoms with Gasteiger partial charge in [0.25, 0.3) is 0 Å². The van der Waals surface area contributed by atoms with Crippen LogP contribution in [0.2, 0.25) is 0 Å². The zero-order chi connectivity index (χ0) is 30.6. The van der Waals surface area contributed by atoms with Crippen LogP contribution in [-0.4, -0.2) is 24.5 Å². The van der Waals surface area contributed by atoms with E-state index in [-0.39, 0.29) is 0 Å². The number of aromatic amines is 1. The summed E-state index contributed by atoms with van der Waals surface area (Å²) < 4.78 is 2.21. The van der Waals surface area contributed by atoms with Crippen LogP contribution in [0, 0.1) is 11.3 Å². The summed E-state index contributed by atoms with van der Waals surface area (Å²) in [6.45, 7) is 0. The first kappa shape index (κ1) is 25.9. The highest BCUT2D eigenvalue weighted by atomic mass is 15.0. The SMILES string of the molecule is N#Cc1cc(-c2nc(-c3ccccc3)nc(-c3ccccc3)n2)ccc1-n1c2ccccc2c2ccc3c4ccccc4[nH]c3c21. The molecule has 1 N–H and O–H groups in total. The van der Waals surface area contributed by atoms with Crippen LogP contribution in [-0.2, 0) is 0 Å². The van der Waals surface area contributed by atoms with Crippen molar-refractivity contribution in [2.24, 2.45) is 0 Å². The number of rotatable bonds is 4. The Labute approximate surface area is 263 Å². The zero-order valence-corrected chi connectivity index (χ0v) is 24.5. The van der Waals surface area contributed by atoms with Gasteiger partial charge in [0.1, 0.15) is 6.07 Å². The molecule has 9 rings (SSSR count). The lowest BCUT2D eigenvalue weighted by Crippen LogP contribution is -2.02. The lowest BCUT2D eigenvalue weighted by Gasteiger charge is -2.13. The third kappa shape index (κ3) is 4.00. The second kappa shape index (κ2) is 10.3. The van der Waals surface area contributed by atoms with Gasteiger partial charge in [-0.15, -0.1) is 0 Å². The first-order valence-electron chi connectivity index (χ1n) is 15.1. The molecule has 0 saturated heterocycles. The van der Waals surface area contributed by atoms with Gasteiger partial charge in [-0.2, -0.15) is 5.26 Å². The van der Waals surface area contributed by atoms with Crippen LogP contribution in [0.3, 0.4) is 0 Å². The molecular formula is C40H24N6. The Balaban J connectivity index is 1.29. The highest BCUT2D eigenvalue weighted by molar-refractivity contribution is 6.22. The van der Waals surface area contributed by atoms with Crippen LogP contribution in [0.4, 0.5) is 0 Å². The van der Waals surface area contributed by atoms with E-state index >= 15 is 0 Å². The summed E-state index contributed by atoms with van der Waals surface area (Å²) in [7, 11) is 0. The van der Waals surface area contributed by atoms with Crippen molar-refractivity contribution in [2.75, 3.05) is 0 Å². The predicted octanol–water partition coefficient (Wildman–Crippen LogP) is 9.48. The van der Waals surface area contributed by atoms with Gasteiger partial charge < -0.3 is 9.55 Å². The molecule has 214 valence electrons. The number of nitrogens with zero attached hydrogens (tertiary/aromatic N) is 5. The van der Waals surface area contributed by atoms with E-state index in [1.54, 1.807) is 0 Å². The minimum atomic E-state index is 0.510. The van der Waals surface area contributed by atoms with Crippen molar-refractivity contribution in [3.05, 3.63) is 145 Å². The number of hydrogen-bond acceptors (Lipinski definition) is 4. The molecule has 46 heavy (non-hydrogen) atoms. The van der Waals surface area contributed by atoms with Crippen molar-refractivity contribution in [3.63, 3.8) is 0 Å². The fraction of sp³-hybridized carbons (Fsp3) is 0. The monoisotopic (exact) mass is 588 g/mol. The molecule has 0 radical (unpaired) electrons. The van der Waals surface area contributed by atoms with E-state index < -0.39 is 0 Å². The Morgan fingerprint density at radius 1 is 0.522 bits per heavy atom. The minimum absolute atomic E-state index is 0.510. The van der Waals surface area contributed by atoms with Gasteiger partial charge in [0.2, 0.25) is 0 Å². The molecule has 0 spiro atoms. The molecule has 6 aromatic carbocycles. The molecule has 0 saturated carbocycles. The number of hydrogen-bond donors (Lipinski definition) is 1. The maximum atomic E-state index is 10.6. The molecular weight excluding hydrogens is 564 g/mol. The molecule has 0 bridgehead atoms. The average molecular weight is 589 g/mol. The summed E-state index contributed by atoms with van der Waals surface area (Å²) in [6, 6.07) is 49.3. The van der Waals surface area contributed by atoms with Crippen LogP contribution in [0.1, 0.15) is 5.56 Å². The largest absolute Gasteiger partial charge is 0.353 e. The van der Waals surface area contributed by atoms with E-state index in [0.717, 1.165) is 60.6 Å². The third-order valence-corrected chi connectivity index (χ3v) is 8.63. The van der Waals surface area contributed by atoms with Crippen molar-refractivity contribution in [1.82, 2.24) is 24.5 Å². The summed E-state index contributed by atoms with van der Waals surface area (Å²) >= 11 is 0. The molecule has 0 fully saturated rings. The maximum absolute atomic E-state index is 10.6. The Morgan fingerprint density at radius 3 is 1.80 bits per heavy atom. The van der Waals surface area contributed by atoms with Gasteiger partial charge in [0.05, 0.1) is 27.8 Å². The van der Waals surface area contributed by atoms with E-state index in [1.807, 2.05) is 91.0 Å². The molecule has 0 amide bonds. The van der Waals surface area contributed by atoms with Crippen LogP contribution in [0.25, 0.3) is 83.5 Å². The Morgan fingerprint density at radius 2 is 1.11 bits per heavy atom. The van der Waals surface area contributed by atoms with Crippen LogP contribution in [0.15, 0.2) is 140 Å². The topological polar surface area (TPSA) is 83.2 Å². The van der Waals surface area contributed by atoms with E-state index in [4.69, 9.17) is 15.0 Å². The molecule has 0 unspecified atom stereocenters. The molecule has 6 nitrogen and oxygen atoms in total. The highest BCUT2D eigenvalue weighted by Gasteiger charge is 2.20. The van der Waals surface area contributed by atoms with Gasteiger partial charge >= 0.3 is 0 Å². The number of aromatic nitrogens is 5. The van der Waals surface area contributed by atoms with Crippen molar-refractivity contribution < 1.29 is 0 Å². The van der Waals surface area contributed by atoms with Crippen LogP contribution in [0.5, 0.6) is 0 Å². The first-order chi connectivity index (χ1) is 22.8. The third-order valence-electron chi connectivity index (χ3n) is 8.63. The first-order valence-corrected chi connectivity index (χ1v) is 15.1. The Hall–Kier alpha value is -6.58. The molecule has 3 aromatic heterocycles. The van der Waals surface area contributed by atoms with Crippen molar-refractivity contribution in [1.29, 1.82) is 5.26 Å². The second-order valence-corrected chi connectivity index (χ2v) is 11.3. The molecule has 9 aromatic rings. The molecule has 0 aliphatic heterocycles. The highest BCUT2D eigenvalue weighted by Crippen LogP contribution is 2.39. The smallest absolute Gasteiger partial charge is 0.164 e. The summed E-state index contributed by atoms with van der Waals surface area (Å²) in [5, 5.41) is 15.2. The quantitative estimate of drug-likeness (QED) is 0.222. The van der Waals surface area contributed by atoms with E-state index in [9.17, 15) is 5.26 Å². The van der Waals surface area contributed by atoms with Gasteiger partial charge in [-0.1, -0.05) is 109 Å². The zero-order valence-electron chi connectivity index (χ0n) is 24.5. The summed E-state index contributed by atoms with van der Waals surface area (Å²) in [5.74, 6) is 1.67. The second-order valence-electron chi connectivity index (χ2n) is 11.3. The molecule has 3 heterocycles. The number of nitrogens with one attached hydrogen (secondary N) is 1. The van der Waals surface area contributed by atoms with Gasteiger partial charge in [0, 0.05) is 43.8 Å². The average Bonchev–Trinajstić information content (AvgIpc) is 3.68. The maximum Gasteiger partial charge on any atom is 0.164 e. The fourth-order valence-corrected chi connectivity index (χ4v) is 6.52. The van der Waals surface area contributed by atoms with Gasteiger partial charge in [-0.05, 0) is 30.3 Å². The molecule has 0 aliphatic carbocycles. The van der Waals surface area contributed by atoms with Crippen molar-refractivity contribution >= 4 is 43.6 Å². The summed E-state index contributed by atoms with van der Waals surface area (Å²) in [4.78, 5) is 18.3. The molecule has 0 atom stereocenters. The van der Waals surface area contributed by atoms with E-state index in [1.165, 1.54) is 5.39 Å².